The largest absolute Gasteiger partial charge is 0.492 e. The van der Waals surface area contributed by atoms with Gasteiger partial charge >= 0.3 is 6.03 Å². The van der Waals surface area contributed by atoms with Crippen molar-refractivity contribution in [3.8, 4) is 5.75 Å². The molecule has 2 N–H and O–H groups in total. The molecule has 1 unspecified atom stereocenters. The zero-order valence-electron chi connectivity index (χ0n) is 16.5. The molecule has 2 aromatic carbocycles. The van der Waals surface area contributed by atoms with Crippen LogP contribution in [0.2, 0.25) is 10.0 Å². The maximum atomic E-state index is 12.3. The Morgan fingerprint density at radius 2 is 1.63 bits per heavy atom. The second-order valence-electron chi connectivity index (χ2n) is 7.67. The van der Waals surface area contributed by atoms with Crippen LogP contribution in [0, 0.1) is 19.3 Å². The number of carbonyl (C=O) groups excluding carboxylic acids is 2. The van der Waals surface area contributed by atoms with Crippen LogP contribution in [0.1, 0.15) is 34.8 Å². The lowest BCUT2D eigenvalue weighted by molar-refractivity contribution is 0.0967. The van der Waals surface area contributed by atoms with Crippen LogP contribution in [0.4, 0.5) is 10.5 Å². The summed E-state index contributed by atoms with van der Waals surface area (Å²) in [5.41, 5.74) is 1.91. The van der Waals surface area contributed by atoms with E-state index in [1.54, 1.807) is 18.2 Å². The first kappa shape index (κ1) is 23.0. The number of halogens is 4. The summed E-state index contributed by atoms with van der Waals surface area (Å²) in [6.07, 6.45) is 0.671. The van der Waals surface area contributed by atoms with Gasteiger partial charge in [-0.3, -0.25) is 10.1 Å². The molecular weight excluding hydrogens is 470 g/mol. The smallest absolute Gasteiger partial charge is 0.326 e. The fourth-order valence-electron chi connectivity index (χ4n) is 3.13. The molecule has 3 amide bonds. The van der Waals surface area contributed by atoms with Crippen LogP contribution in [0.15, 0.2) is 30.3 Å². The van der Waals surface area contributed by atoms with Crippen molar-refractivity contribution in [1.29, 1.82) is 0 Å². The molecule has 5 nitrogen and oxygen atoms in total. The zero-order valence-corrected chi connectivity index (χ0v) is 19.6. The summed E-state index contributed by atoms with van der Waals surface area (Å²) in [5.74, 6) is 0.0111. The third-order valence-corrected chi connectivity index (χ3v) is 6.85. The van der Waals surface area contributed by atoms with Crippen LogP contribution < -0.4 is 15.4 Å². The van der Waals surface area contributed by atoms with Crippen molar-refractivity contribution in [2.75, 3.05) is 11.9 Å². The van der Waals surface area contributed by atoms with E-state index in [9.17, 15) is 9.59 Å². The number of urea groups is 1. The highest BCUT2D eigenvalue weighted by atomic mass is 35.5. The molecule has 9 heteroatoms. The maximum Gasteiger partial charge on any atom is 0.326 e. The zero-order chi connectivity index (χ0) is 22.3. The Morgan fingerprint density at radius 1 is 1.10 bits per heavy atom. The molecule has 3 rings (SSSR count). The molecule has 0 radical (unpaired) electrons. The van der Waals surface area contributed by atoms with E-state index in [-0.39, 0.29) is 21.0 Å². The van der Waals surface area contributed by atoms with Crippen molar-refractivity contribution in [3.05, 3.63) is 57.1 Å². The number of hydrogen-bond acceptors (Lipinski definition) is 3. The van der Waals surface area contributed by atoms with Gasteiger partial charge in [0.25, 0.3) is 5.91 Å². The van der Waals surface area contributed by atoms with E-state index in [1.165, 1.54) is 12.1 Å². The van der Waals surface area contributed by atoms with E-state index in [0.717, 1.165) is 11.1 Å². The van der Waals surface area contributed by atoms with Gasteiger partial charge in [-0.05, 0) is 55.7 Å². The molecule has 0 spiro atoms. The Labute approximate surface area is 195 Å². The van der Waals surface area contributed by atoms with Crippen LogP contribution in [0.5, 0.6) is 5.75 Å². The first-order valence-corrected chi connectivity index (χ1v) is 10.6. The standard InChI is InChI=1S/C21H20Cl4N2O3/c1-11-7-13(8-12(2)17(11)30-10-20(3)9-21(20,24)25)26-19(29)27-18(28)16-14(22)5-4-6-15(16)23/h4-8H,9-10H2,1-3H3,(H2,26,27,28,29). The van der Waals surface area contributed by atoms with E-state index in [1.807, 2.05) is 20.8 Å². The van der Waals surface area contributed by atoms with Gasteiger partial charge < -0.3 is 10.1 Å². The number of benzene rings is 2. The third-order valence-electron chi connectivity index (χ3n) is 5.04. The third kappa shape index (κ3) is 4.80. The average molecular weight is 490 g/mol. The van der Waals surface area contributed by atoms with Crippen molar-refractivity contribution in [2.45, 2.75) is 31.5 Å². The monoisotopic (exact) mass is 488 g/mol. The Hall–Kier alpha value is -1.66. The topological polar surface area (TPSA) is 67.4 Å². The Bertz CT molecular complexity index is 982. The molecule has 2 aromatic rings. The quantitative estimate of drug-likeness (QED) is 0.469. The van der Waals surface area contributed by atoms with Gasteiger partial charge in [0.05, 0.1) is 22.2 Å². The number of alkyl halides is 2. The average Bonchev–Trinajstić information content (AvgIpc) is 3.11. The number of aryl methyl sites for hydroxylation is 2. The molecule has 0 bridgehead atoms. The summed E-state index contributed by atoms with van der Waals surface area (Å²) in [5, 5.41) is 5.17. The molecule has 1 fully saturated rings. The maximum absolute atomic E-state index is 12.3. The van der Waals surface area contributed by atoms with E-state index in [2.05, 4.69) is 10.6 Å². The normalized spacial score (nSPS) is 19.2. The van der Waals surface area contributed by atoms with Crippen LogP contribution in [0.3, 0.4) is 0 Å². The first-order valence-electron chi connectivity index (χ1n) is 9.12. The molecule has 1 aliphatic rings. The number of nitrogens with one attached hydrogen (secondary N) is 2. The van der Waals surface area contributed by atoms with Gasteiger partial charge in [0.2, 0.25) is 0 Å². The van der Waals surface area contributed by atoms with Crippen molar-refractivity contribution in [3.63, 3.8) is 0 Å². The van der Waals surface area contributed by atoms with Crippen LogP contribution in [0.25, 0.3) is 0 Å². The van der Waals surface area contributed by atoms with Crippen molar-refractivity contribution in [2.24, 2.45) is 5.41 Å². The minimum atomic E-state index is -0.758. The van der Waals surface area contributed by atoms with Gasteiger partial charge in [0, 0.05) is 11.1 Å². The first-order chi connectivity index (χ1) is 13.9. The van der Waals surface area contributed by atoms with Crippen molar-refractivity contribution in [1.82, 2.24) is 5.32 Å². The molecule has 0 aliphatic heterocycles. The molecule has 160 valence electrons. The second kappa shape index (κ2) is 8.46. The van der Waals surface area contributed by atoms with E-state index >= 15 is 0 Å². The van der Waals surface area contributed by atoms with E-state index < -0.39 is 16.3 Å². The van der Waals surface area contributed by atoms with Crippen molar-refractivity contribution < 1.29 is 14.3 Å². The Balaban J connectivity index is 1.65. The molecule has 30 heavy (non-hydrogen) atoms. The summed E-state index contributed by atoms with van der Waals surface area (Å²) in [6, 6.07) is 7.44. The molecule has 0 saturated heterocycles. The fraction of sp³-hybridized carbons (Fsp3) is 0.333. The SMILES string of the molecule is Cc1cc(NC(=O)NC(=O)c2c(Cl)cccc2Cl)cc(C)c1OCC1(C)CC1(Cl)Cl. The summed E-state index contributed by atoms with van der Waals surface area (Å²) in [4.78, 5) is 24.6. The molecule has 1 atom stereocenters. The minimum Gasteiger partial charge on any atom is -0.492 e. The predicted octanol–water partition coefficient (Wildman–Crippen LogP) is 6.53. The molecule has 0 heterocycles. The summed E-state index contributed by atoms with van der Waals surface area (Å²) >= 11 is 24.3. The van der Waals surface area contributed by atoms with Gasteiger partial charge in [0.15, 0.2) is 0 Å². The van der Waals surface area contributed by atoms with Crippen LogP contribution in [-0.4, -0.2) is 22.9 Å². The van der Waals surface area contributed by atoms with Gasteiger partial charge in [-0.25, -0.2) is 4.79 Å². The number of anilines is 1. The Kier molecular flexibility index (Phi) is 6.49. The summed E-state index contributed by atoms with van der Waals surface area (Å²) < 4.78 is 5.20. The number of imide groups is 1. The minimum absolute atomic E-state index is 0.0373. The Morgan fingerprint density at radius 3 is 2.13 bits per heavy atom. The number of hydrogen-bond donors (Lipinski definition) is 2. The second-order valence-corrected chi connectivity index (χ2v) is 9.97. The van der Waals surface area contributed by atoms with E-state index in [4.69, 9.17) is 51.1 Å². The highest BCUT2D eigenvalue weighted by Crippen LogP contribution is 2.63. The van der Waals surface area contributed by atoms with Crippen LogP contribution >= 0.6 is 46.4 Å². The number of rotatable bonds is 5. The van der Waals surface area contributed by atoms with Gasteiger partial charge in [-0.2, -0.15) is 0 Å². The fourth-order valence-corrected chi connectivity index (χ4v) is 4.39. The number of ether oxygens (including phenoxy) is 1. The molecular formula is C21H20Cl4N2O3. The van der Waals surface area contributed by atoms with E-state index in [0.29, 0.717) is 24.5 Å². The van der Waals surface area contributed by atoms with Gasteiger partial charge in [0.1, 0.15) is 10.1 Å². The van der Waals surface area contributed by atoms with Crippen LogP contribution in [-0.2, 0) is 0 Å². The molecule has 1 aliphatic carbocycles. The highest BCUT2D eigenvalue weighted by molar-refractivity contribution is 6.51. The lowest BCUT2D eigenvalue weighted by atomic mass is 10.1. The number of amides is 3. The summed E-state index contributed by atoms with van der Waals surface area (Å²) in [6.45, 7) is 6.09. The van der Waals surface area contributed by atoms with Crippen molar-refractivity contribution >= 4 is 64.0 Å². The summed E-state index contributed by atoms with van der Waals surface area (Å²) in [7, 11) is 0. The molecule has 0 aromatic heterocycles. The van der Waals surface area contributed by atoms with Gasteiger partial charge in [-0.1, -0.05) is 36.2 Å². The lowest BCUT2D eigenvalue weighted by Gasteiger charge is -2.18. The number of carbonyl (C=O) groups is 2. The lowest BCUT2D eigenvalue weighted by Crippen LogP contribution is -2.34. The van der Waals surface area contributed by atoms with Gasteiger partial charge in [-0.15, -0.1) is 23.2 Å². The highest BCUT2D eigenvalue weighted by Gasteiger charge is 2.63. The predicted molar refractivity (Wildman–Crippen MR) is 122 cm³/mol. The molecule has 1 saturated carbocycles.